The molecule has 0 radical (unpaired) electrons. The molecule has 0 aliphatic carbocycles. The number of fused-ring (bicyclic) bond motifs is 9. The number of nitrogens with zero attached hydrogens (tertiary/aromatic N) is 2. The second kappa shape index (κ2) is 15.0. The van der Waals surface area contributed by atoms with Crippen molar-refractivity contribution in [3.63, 3.8) is 0 Å². The second-order valence-electron chi connectivity index (χ2n) is 16.8. The smallest absolute Gasteiger partial charge is 0.143 e. The van der Waals surface area contributed by atoms with Gasteiger partial charge in [0.05, 0.1) is 22.4 Å². The van der Waals surface area contributed by atoms with Gasteiger partial charge in [-0.1, -0.05) is 182 Å². The molecular formula is C62H40N2O. The Morgan fingerprint density at radius 2 is 0.908 bits per heavy atom. The summed E-state index contributed by atoms with van der Waals surface area (Å²) in [7, 11) is 0. The van der Waals surface area contributed by atoms with Crippen LogP contribution in [0.5, 0.6) is 0 Å². The molecule has 0 aliphatic heterocycles. The number of aromatic nitrogens is 1. The van der Waals surface area contributed by atoms with Gasteiger partial charge >= 0.3 is 0 Å². The van der Waals surface area contributed by atoms with Crippen LogP contribution in [0, 0.1) is 0 Å². The molecule has 0 spiro atoms. The maximum absolute atomic E-state index is 6.50. The molecule has 0 saturated carbocycles. The van der Waals surface area contributed by atoms with Crippen LogP contribution in [0.4, 0.5) is 17.1 Å². The number of hydrogen-bond donors (Lipinski definition) is 0. The van der Waals surface area contributed by atoms with Crippen LogP contribution in [0.25, 0.3) is 104 Å². The van der Waals surface area contributed by atoms with Gasteiger partial charge in [-0.25, -0.2) is 0 Å². The Morgan fingerprint density at radius 3 is 1.74 bits per heavy atom. The highest BCUT2D eigenvalue weighted by Gasteiger charge is 2.21. The Balaban J connectivity index is 0.987. The molecule has 0 atom stereocenters. The zero-order chi connectivity index (χ0) is 42.8. The van der Waals surface area contributed by atoms with Crippen molar-refractivity contribution >= 4 is 82.4 Å². The van der Waals surface area contributed by atoms with E-state index >= 15 is 0 Å². The molecule has 2 aromatic heterocycles. The van der Waals surface area contributed by atoms with Gasteiger partial charge in [0.25, 0.3) is 0 Å². The van der Waals surface area contributed by atoms with Crippen molar-refractivity contribution < 1.29 is 4.42 Å². The van der Waals surface area contributed by atoms with Gasteiger partial charge in [0.2, 0.25) is 0 Å². The quantitative estimate of drug-likeness (QED) is 0.149. The van der Waals surface area contributed by atoms with Crippen LogP contribution in [0.15, 0.2) is 247 Å². The molecule has 3 heteroatoms. The summed E-state index contributed by atoms with van der Waals surface area (Å²) in [6.45, 7) is 0. The third-order valence-electron chi connectivity index (χ3n) is 13.2. The summed E-state index contributed by atoms with van der Waals surface area (Å²) in [5.74, 6) is 0. The topological polar surface area (TPSA) is 21.3 Å². The lowest BCUT2D eigenvalue weighted by atomic mass is 9.95. The van der Waals surface area contributed by atoms with Crippen molar-refractivity contribution in [1.82, 2.24) is 4.57 Å². The van der Waals surface area contributed by atoms with Crippen LogP contribution in [0.2, 0.25) is 0 Å². The summed E-state index contributed by atoms with van der Waals surface area (Å²) in [6, 6.07) is 87.8. The minimum Gasteiger partial charge on any atom is -0.455 e. The Bertz CT molecular complexity index is 3910. The lowest BCUT2D eigenvalue weighted by molar-refractivity contribution is 0.670. The molecule has 13 rings (SSSR count). The number of para-hydroxylation sites is 6. The fraction of sp³-hybridized carbons (Fsp3) is 0. The number of anilines is 3. The zero-order valence-corrected chi connectivity index (χ0v) is 35.4. The third-order valence-corrected chi connectivity index (χ3v) is 13.2. The average molecular weight is 829 g/mol. The highest BCUT2D eigenvalue weighted by atomic mass is 16.3. The van der Waals surface area contributed by atoms with Crippen LogP contribution in [-0.2, 0) is 0 Å². The molecule has 0 amide bonds. The lowest BCUT2D eigenvalue weighted by Gasteiger charge is -2.29. The fourth-order valence-corrected chi connectivity index (χ4v) is 10.2. The van der Waals surface area contributed by atoms with E-state index in [2.05, 4.69) is 240 Å². The maximum Gasteiger partial charge on any atom is 0.143 e. The van der Waals surface area contributed by atoms with Crippen LogP contribution in [0.3, 0.4) is 0 Å². The van der Waals surface area contributed by atoms with Crippen molar-refractivity contribution in [2.24, 2.45) is 0 Å². The van der Waals surface area contributed by atoms with Gasteiger partial charge in [0.1, 0.15) is 11.2 Å². The first-order valence-electron chi connectivity index (χ1n) is 22.2. The number of benzene rings is 11. The molecule has 0 N–H and O–H groups in total. The molecule has 0 aliphatic rings. The SMILES string of the molecule is c1cc(-c2ccccc2-n2c3ccccc3c3ccccc32)cc(N(c2ccc(-c3cccc4c3oc3ccccc34)cc2)c2ccccc2-c2ccc3c(ccc4ccccc43)c2)c1. The van der Waals surface area contributed by atoms with Gasteiger partial charge in [-0.15, -0.1) is 0 Å². The van der Waals surface area contributed by atoms with E-state index in [0.717, 1.165) is 78.1 Å². The highest BCUT2D eigenvalue weighted by Crippen LogP contribution is 2.45. The van der Waals surface area contributed by atoms with E-state index in [4.69, 9.17) is 4.42 Å². The van der Waals surface area contributed by atoms with E-state index in [1.54, 1.807) is 0 Å². The number of furan rings is 1. The average Bonchev–Trinajstić information content (AvgIpc) is 3.93. The van der Waals surface area contributed by atoms with Gasteiger partial charge in [-0.05, 0) is 98.9 Å². The summed E-state index contributed by atoms with van der Waals surface area (Å²) in [5, 5.41) is 9.74. The Hall–Kier alpha value is -8.66. The number of rotatable bonds is 7. The van der Waals surface area contributed by atoms with Crippen molar-refractivity contribution in [3.05, 3.63) is 243 Å². The van der Waals surface area contributed by atoms with Crippen molar-refractivity contribution in [3.8, 4) is 39.1 Å². The van der Waals surface area contributed by atoms with Gasteiger partial charge in [0.15, 0.2) is 0 Å². The normalized spacial score (nSPS) is 11.7. The molecule has 0 unspecified atom stereocenters. The summed E-state index contributed by atoms with van der Waals surface area (Å²) in [4.78, 5) is 2.41. The molecule has 11 aromatic carbocycles. The van der Waals surface area contributed by atoms with E-state index in [0.29, 0.717) is 0 Å². The van der Waals surface area contributed by atoms with E-state index < -0.39 is 0 Å². The van der Waals surface area contributed by atoms with Crippen molar-refractivity contribution in [2.75, 3.05) is 4.90 Å². The van der Waals surface area contributed by atoms with E-state index in [1.165, 1.54) is 43.4 Å². The van der Waals surface area contributed by atoms with Crippen LogP contribution >= 0.6 is 0 Å². The molecule has 3 nitrogen and oxygen atoms in total. The highest BCUT2D eigenvalue weighted by molar-refractivity contribution is 6.12. The lowest BCUT2D eigenvalue weighted by Crippen LogP contribution is -2.11. The van der Waals surface area contributed by atoms with Gasteiger partial charge in [-0.3, -0.25) is 0 Å². The minimum absolute atomic E-state index is 0.899. The van der Waals surface area contributed by atoms with E-state index in [1.807, 2.05) is 12.1 Å². The predicted octanol–water partition coefficient (Wildman–Crippen LogP) is 17.5. The first kappa shape index (κ1) is 36.9. The first-order valence-corrected chi connectivity index (χ1v) is 22.2. The summed E-state index contributed by atoms with van der Waals surface area (Å²) in [6.07, 6.45) is 0. The molecule has 13 aromatic rings. The Kier molecular flexibility index (Phi) is 8.53. The summed E-state index contributed by atoms with van der Waals surface area (Å²) >= 11 is 0. The van der Waals surface area contributed by atoms with Gasteiger partial charge in [-0.2, -0.15) is 0 Å². The second-order valence-corrected chi connectivity index (χ2v) is 16.8. The molecule has 0 fully saturated rings. The Labute approximate surface area is 376 Å². The summed E-state index contributed by atoms with van der Waals surface area (Å²) in [5.41, 5.74) is 15.3. The molecule has 304 valence electrons. The standard InChI is InChI=1S/C62H40N2O/c1-2-18-48-41(15-1)31-32-44-39-45(35-38-49(44)48)51-20-3-8-26-57(51)63(46-36-33-42(34-37-46)52-24-14-25-56-55-23-7-12-30-61(55)65-62(52)56)47-17-13-16-43(40-47)50-19-4-9-27-58(50)64-59-28-10-5-21-53(59)54-22-6-11-29-60(54)64/h1-40H. The first-order chi connectivity index (χ1) is 32.2. The third kappa shape index (κ3) is 6.05. The van der Waals surface area contributed by atoms with Gasteiger partial charge in [0, 0.05) is 49.6 Å². The minimum atomic E-state index is 0.899. The van der Waals surface area contributed by atoms with E-state index in [9.17, 15) is 0 Å². The Morgan fingerprint density at radius 1 is 0.323 bits per heavy atom. The van der Waals surface area contributed by atoms with E-state index in [-0.39, 0.29) is 0 Å². The number of hydrogen-bond acceptors (Lipinski definition) is 2. The molecule has 2 heterocycles. The monoisotopic (exact) mass is 828 g/mol. The van der Waals surface area contributed by atoms with Crippen LogP contribution in [0.1, 0.15) is 0 Å². The van der Waals surface area contributed by atoms with Crippen LogP contribution in [-0.4, -0.2) is 4.57 Å². The maximum atomic E-state index is 6.50. The zero-order valence-electron chi connectivity index (χ0n) is 35.4. The fourth-order valence-electron chi connectivity index (χ4n) is 10.2. The van der Waals surface area contributed by atoms with Gasteiger partial charge < -0.3 is 13.9 Å². The van der Waals surface area contributed by atoms with Crippen molar-refractivity contribution in [1.29, 1.82) is 0 Å². The molecule has 0 saturated heterocycles. The summed E-state index contributed by atoms with van der Waals surface area (Å²) < 4.78 is 8.92. The molecule has 0 bridgehead atoms. The predicted molar refractivity (Wildman–Crippen MR) is 274 cm³/mol. The molecular weight excluding hydrogens is 789 g/mol. The largest absolute Gasteiger partial charge is 0.455 e. The van der Waals surface area contributed by atoms with Crippen molar-refractivity contribution in [2.45, 2.75) is 0 Å². The van der Waals surface area contributed by atoms with Crippen LogP contribution < -0.4 is 4.90 Å². The molecule has 65 heavy (non-hydrogen) atoms.